The SMILES string of the molecule is CC(C)Oc1ccc(C(=O)N2CCC3(CC2)CC(=O)c2ccccc2O3)cc1. The second-order valence-electron chi connectivity index (χ2n) is 7.86. The molecular formula is C23H25NO4. The monoisotopic (exact) mass is 379 g/mol. The van der Waals surface area contributed by atoms with Gasteiger partial charge in [0, 0.05) is 31.5 Å². The number of para-hydroxylation sites is 1. The molecule has 2 aromatic rings. The topological polar surface area (TPSA) is 55.8 Å². The highest BCUT2D eigenvalue weighted by atomic mass is 16.5. The molecule has 28 heavy (non-hydrogen) atoms. The van der Waals surface area contributed by atoms with Gasteiger partial charge in [-0.2, -0.15) is 0 Å². The minimum atomic E-state index is -0.489. The zero-order valence-corrected chi connectivity index (χ0v) is 16.3. The molecule has 2 aromatic carbocycles. The minimum Gasteiger partial charge on any atom is -0.491 e. The molecule has 146 valence electrons. The molecule has 4 rings (SSSR count). The lowest BCUT2D eigenvalue weighted by Gasteiger charge is -2.44. The van der Waals surface area contributed by atoms with Gasteiger partial charge in [0.15, 0.2) is 5.78 Å². The molecule has 0 unspecified atom stereocenters. The van der Waals surface area contributed by atoms with Crippen LogP contribution in [0.15, 0.2) is 48.5 Å². The molecule has 0 radical (unpaired) electrons. The van der Waals surface area contributed by atoms with Crippen LogP contribution in [0.4, 0.5) is 0 Å². The van der Waals surface area contributed by atoms with Crippen LogP contribution in [0, 0.1) is 0 Å². The quantitative estimate of drug-likeness (QED) is 0.805. The fourth-order valence-electron chi connectivity index (χ4n) is 3.97. The van der Waals surface area contributed by atoms with E-state index in [1.54, 1.807) is 12.1 Å². The van der Waals surface area contributed by atoms with Crippen molar-refractivity contribution in [3.63, 3.8) is 0 Å². The van der Waals surface area contributed by atoms with Crippen LogP contribution in [0.1, 0.15) is 53.8 Å². The highest BCUT2D eigenvalue weighted by Crippen LogP contribution is 2.39. The van der Waals surface area contributed by atoms with Gasteiger partial charge < -0.3 is 14.4 Å². The molecule has 5 heteroatoms. The number of ketones is 1. The van der Waals surface area contributed by atoms with Crippen molar-refractivity contribution in [1.82, 2.24) is 4.90 Å². The molecule has 0 aromatic heterocycles. The summed E-state index contributed by atoms with van der Waals surface area (Å²) in [6.45, 7) is 5.11. The van der Waals surface area contributed by atoms with E-state index in [2.05, 4.69) is 0 Å². The number of nitrogens with zero attached hydrogens (tertiary/aromatic N) is 1. The Morgan fingerprint density at radius 1 is 1.07 bits per heavy atom. The van der Waals surface area contributed by atoms with E-state index in [0.717, 1.165) is 5.75 Å². The van der Waals surface area contributed by atoms with Gasteiger partial charge in [-0.1, -0.05) is 12.1 Å². The summed E-state index contributed by atoms with van der Waals surface area (Å²) in [6, 6.07) is 14.7. The molecule has 1 spiro atoms. The van der Waals surface area contributed by atoms with Gasteiger partial charge in [-0.05, 0) is 50.2 Å². The molecule has 5 nitrogen and oxygen atoms in total. The van der Waals surface area contributed by atoms with Crippen molar-refractivity contribution in [2.24, 2.45) is 0 Å². The molecule has 0 saturated carbocycles. The fraction of sp³-hybridized carbons (Fsp3) is 0.391. The third-order valence-electron chi connectivity index (χ3n) is 5.43. The largest absolute Gasteiger partial charge is 0.491 e. The van der Waals surface area contributed by atoms with Crippen molar-refractivity contribution in [2.45, 2.75) is 44.8 Å². The van der Waals surface area contributed by atoms with Crippen molar-refractivity contribution < 1.29 is 19.1 Å². The molecule has 1 fully saturated rings. The van der Waals surface area contributed by atoms with Gasteiger partial charge >= 0.3 is 0 Å². The Bertz CT molecular complexity index is 880. The average Bonchev–Trinajstić information content (AvgIpc) is 2.68. The maximum absolute atomic E-state index is 12.8. The number of ether oxygens (including phenoxy) is 2. The molecule has 1 amide bonds. The van der Waals surface area contributed by atoms with Crippen molar-refractivity contribution in [2.75, 3.05) is 13.1 Å². The summed E-state index contributed by atoms with van der Waals surface area (Å²) >= 11 is 0. The normalized spacial score (nSPS) is 18.0. The maximum atomic E-state index is 12.8. The summed E-state index contributed by atoms with van der Waals surface area (Å²) in [7, 11) is 0. The number of Topliss-reactive ketones (excluding diaryl/α,β-unsaturated/α-hetero) is 1. The Labute approximate surface area is 165 Å². The lowest BCUT2D eigenvalue weighted by molar-refractivity contribution is -0.00570. The second-order valence-corrected chi connectivity index (χ2v) is 7.86. The van der Waals surface area contributed by atoms with Crippen LogP contribution in [-0.2, 0) is 0 Å². The molecule has 2 aliphatic heterocycles. The number of hydrogen-bond acceptors (Lipinski definition) is 4. The van der Waals surface area contributed by atoms with Crippen LogP contribution in [0.25, 0.3) is 0 Å². The zero-order valence-electron chi connectivity index (χ0n) is 16.3. The lowest BCUT2D eigenvalue weighted by atomic mass is 9.82. The smallest absolute Gasteiger partial charge is 0.253 e. The molecule has 1 saturated heterocycles. The number of amides is 1. The second kappa shape index (κ2) is 7.30. The molecule has 0 bridgehead atoms. The number of likely N-dealkylation sites (tertiary alicyclic amines) is 1. The number of fused-ring (bicyclic) bond motifs is 1. The van der Waals surface area contributed by atoms with E-state index < -0.39 is 5.60 Å². The highest BCUT2D eigenvalue weighted by molar-refractivity contribution is 6.00. The molecule has 0 atom stereocenters. The molecule has 0 N–H and O–H groups in total. The van der Waals surface area contributed by atoms with E-state index in [-0.39, 0.29) is 17.8 Å². The molecule has 2 aliphatic rings. The maximum Gasteiger partial charge on any atom is 0.253 e. The van der Waals surface area contributed by atoms with Crippen LogP contribution in [-0.4, -0.2) is 41.4 Å². The van der Waals surface area contributed by atoms with Gasteiger partial charge in [0.1, 0.15) is 17.1 Å². The van der Waals surface area contributed by atoms with Gasteiger partial charge in [0.05, 0.1) is 18.1 Å². The van der Waals surface area contributed by atoms with Crippen LogP contribution in [0.3, 0.4) is 0 Å². The number of rotatable bonds is 3. The minimum absolute atomic E-state index is 0.00785. The highest BCUT2D eigenvalue weighted by Gasteiger charge is 2.43. The van der Waals surface area contributed by atoms with E-state index in [1.807, 2.05) is 55.1 Å². The van der Waals surface area contributed by atoms with E-state index in [1.165, 1.54) is 0 Å². The summed E-state index contributed by atoms with van der Waals surface area (Å²) in [5, 5.41) is 0. The van der Waals surface area contributed by atoms with Gasteiger partial charge in [-0.25, -0.2) is 0 Å². The van der Waals surface area contributed by atoms with Crippen LogP contribution in [0.5, 0.6) is 11.5 Å². The van der Waals surface area contributed by atoms with Crippen molar-refractivity contribution in [3.05, 3.63) is 59.7 Å². The van der Waals surface area contributed by atoms with Crippen molar-refractivity contribution >= 4 is 11.7 Å². The van der Waals surface area contributed by atoms with E-state index in [9.17, 15) is 9.59 Å². The predicted molar refractivity (Wildman–Crippen MR) is 106 cm³/mol. The summed E-state index contributed by atoms with van der Waals surface area (Å²) in [5.41, 5.74) is 0.824. The van der Waals surface area contributed by atoms with Gasteiger partial charge in [0.2, 0.25) is 0 Å². The summed E-state index contributed by atoms with van der Waals surface area (Å²) in [5.74, 6) is 1.56. The standard InChI is InChI=1S/C23H25NO4/c1-16(2)27-18-9-7-17(8-10-18)22(26)24-13-11-23(12-14-24)15-20(25)19-5-3-4-6-21(19)28-23/h3-10,16H,11-15H2,1-2H3. The lowest BCUT2D eigenvalue weighted by Crippen LogP contribution is -2.52. The number of hydrogen-bond donors (Lipinski definition) is 0. The average molecular weight is 379 g/mol. The van der Waals surface area contributed by atoms with Crippen molar-refractivity contribution in [3.8, 4) is 11.5 Å². The molecule has 0 aliphatic carbocycles. The zero-order chi connectivity index (χ0) is 19.7. The molecule has 2 heterocycles. The Morgan fingerprint density at radius 2 is 1.75 bits per heavy atom. The summed E-state index contributed by atoms with van der Waals surface area (Å²) in [4.78, 5) is 27.2. The Hall–Kier alpha value is -2.82. The first-order valence-electron chi connectivity index (χ1n) is 9.83. The third kappa shape index (κ3) is 3.61. The first-order chi connectivity index (χ1) is 13.5. The predicted octanol–water partition coefficient (Wildman–Crippen LogP) is 4.11. The van der Waals surface area contributed by atoms with E-state index in [0.29, 0.717) is 49.2 Å². The van der Waals surface area contributed by atoms with Gasteiger partial charge in [-0.3, -0.25) is 9.59 Å². The van der Waals surface area contributed by atoms with E-state index >= 15 is 0 Å². The van der Waals surface area contributed by atoms with Crippen molar-refractivity contribution in [1.29, 1.82) is 0 Å². The number of piperidine rings is 1. The first-order valence-corrected chi connectivity index (χ1v) is 9.83. The number of benzene rings is 2. The van der Waals surface area contributed by atoms with Crippen LogP contribution < -0.4 is 9.47 Å². The third-order valence-corrected chi connectivity index (χ3v) is 5.43. The number of carbonyl (C=O) groups is 2. The Balaban J connectivity index is 1.42. The summed E-state index contributed by atoms with van der Waals surface area (Å²) < 4.78 is 11.9. The van der Waals surface area contributed by atoms with Gasteiger partial charge in [0.25, 0.3) is 5.91 Å². The summed E-state index contributed by atoms with van der Waals surface area (Å²) in [6.07, 6.45) is 1.80. The van der Waals surface area contributed by atoms with Gasteiger partial charge in [-0.15, -0.1) is 0 Å². The first kappa shape index (κ1) is 18.5. The molecular weight excluding hydrogens is 354 g/mol. The fourth-order valence-corrected chi connectivity index (χ4v) is 3.97. The van der Waals surface area contributed by atoms with E-state index in [4.69, 9.17) is 9.47 Å². The number of carbonyl (C=O) groups excluding carboxylic acids is 2. The van der Waals surface area contributed by atoms with Crippen LogP contribution in [0.2, 0.25) is 0 Å². The van der Waals surface area contributed by atoms with Crippen LogP contribution >= 0.6 is 0 Å². The Kier molecular flexibility index (Phi) is 4.84. The Morgan fingerprint density at radius 3 is 2.43 bits per heavy atom.